The van der Waals surface area contributed by atoms with E-state index in [9.17, 15) is 14.4 Å². The molecule has 2 fully saturated rings. The average Bonchev–Trinajstić information content (AvgIpc) is 2.78. The van der Waals surface area contributed by atoms with Gasteiger partial charge in [-0.15, -0.1) is 0 Å². The number of carboxylic acids is 1. The number of carbonyl (C=O) groups is 3. The molecule has 2 saturated heterocycles. The second-order valence-electron chi connectivity index (χ2n) is 3.93. The lowest BCUT2D eigenvalue weighted by Crippen LogP contribution is -2.43. The van der Waals surface area contributed by atoms with Crippen molar-refractivity contribution in [2.24, 2.45) is 5.73 Å². The molecule has 0 aromatic carbocycles. The van der Waals surface area contributed by atoms with Gasteiger partial charge in [0, 0.05) is 19.5 Å². The topological polar surface area (TPSA) is 122 Å². The van der Waals surface area contributed by atoms with Crippen LogP contribution in [-0.2, 0) is 14.3 Å². The van der Waals surface area contributed by atoms with Gasteiger partial charge in [0.2, 0.25) is 5.91 Å². The standard InChI is InChI=1S/C5H10N2O2.C5H7NO3/c6-5(8)7-1-3-9-4-2-7;7-4-2-1-3(6-4)5(8)9/h1-4H2,(H2,6,8);3H,1-2H2,(H,6,7)(H,8,9). The molecular weight excluding hydrogens is 242 g/mol. The Kier molecular flexibility index (Phi) is 5.37. The predicted octanol–water partition coefficient (Wildman–Crippen LogP) is -1.25. The number of urea groups is 1. The fourth-order valence-electron chi connectivity index (χ4n) is 1.58. The number of nitrogens with one attached hydrogen (secondary N) is 1. The van der Waals surface area contributed by atoms with Gasteiger partial charge in [0.05, 0.1) is 13.2 Å². The van der Waals surface area contributed by atoms with E-state index < -0.39 is 12.0 Å². The van der Waals surface area contributed by atoms with Crippen LogP contribution in [0, 0.1) is 0 Å². The summed E-state index contributed by atoms with van der Waals surface area (Å²) >= 11 is 0. The number of nitrogens with zero attached hydrogens (tertiary/aromatic N) is 1. The number of primary amides is 1. The van der Waals surface area contributed by atoms with Crippen molar-refractivity contribution in [2.75, 3.05) is 26.3 Å². The first-order chi connectivity index (χ1) is 8.50. The monoisotopic (exact) mass is 259 g/mol. The van der Waals surface area contributed by atoms with E-state index in [1.165, 1.54) is 0 Å². The Morgan fingerprint density at radius 2 is 2.00 bits per heavy atom. The van der Waals surface area contributed by atoms with E-state index in [1.54, 1.807) is 4.90 Å². The third kappa shape index (κ3) is 4.58. The molecule has 0 aromatic heterocycles. The van der Waals surface area contributed by atoms with Gasteiger partial charge in [0.15, 0.2) is 0 Å². The molecule has 1 unspecified atom stereocenters. The van der Waals surface area contributed by atoms with Gasteiger partial charge < -0.3 is 25.8 Å². The number of aliphatic carboxylic acids is 1. The zero-order chi connectivity index (χ0) is 13.5. The summed E-state index contributed by atoms with van der Waals surface area (Å²) in [6, 6.07) is -0.990. The smallest absolute Gasteiger partial charge is 0.326 e. The van der Waals surface area contributed by atoms with E-state index in [1.807, 2.05) is 0 Å². The van der Waals surface area contributed by atoms with E-state index in [-0.39, 0.29) is 11.9 Å². The fourth-order valence-corrected chi connectivity index (χ4v) is 1.58. The first-order valence-corrected chi connectivity index (χ1v) is 5.65. The van der Waals surface area contributed by atoms with Crippen LogP contribution in [0.4, 0.5) is 4.79 Å². The van der Waals surface area contributed by atoms with E-state index >= 15 is 0 Å². The maximum absolute atomic E-state index is 10.4. The molecule has 3 amide bonds. The molecule has 8 heteroatoms. The van der Waals surface area contributed by atoms with Crippen LogP contribution in [-0.4, -0.2) is 60.3 Å². The van der Waals surface area contributed by atoms with Gasteiger partial charge in [0.1, 0.15) is 6.04 Å². The average molecular weight is 259 g/mol. The molecule has 0 aliphatic carbocycles. The first-order valence-electron chi connectivity index (χ1n) is 5.65. The molecule has 2 aliphatic rings. The molecular formula is C10H17N3O5. The van der Waals surface area contributed by atoms with Gasteiger partial charge in [-0.3, -0.25) is 4.79 Å². The molecule has 0 aromatic rings. The maximum atomic E-state index is 10.4. The van der Waals surface area contributed by atoms with Gasteiger partial charge in [-0.25, -0.2) is 9.59 Å². The molecule has 2 rings (SSSR count). The number of amides is 3. The van der Waals surface area contributed by atoms with Crippen molar-refractivity contribution in [1.82, 2.24) is 10.2 Å². The van der Waals surface area contributed by atoms with Crippen LogP contribution in [0.1, 0.15) is 12.8 Å². The summed E-state index contributed by atoms with van der Waals surface area (Å²) in [6.07, 6.45) is 0.769. The Bertz CT molecular complexity index is 327. The molecule has 102 valence electrons. The van der Waals surface area contributed by atoms with Crippen molar-refractivity contribution >= 4 is 17.9 Å². The Morgan fingerprint density at radius 1 is 1.39 bits per heavy atom. The number of hydrogen-bond acceptors (Lipinski definition) is 4. The van der Waals surface area contributed by atoms with Crippen molar-refractivity contribution in [3.05, 3.63) is 0 Å². The molecule has 0 bridgehead atoms. The van der Waals surface area contributed by atoms with Gasteiger partial charge in [-0.1, -0.05) is 0 Å². The van der Waals surface area contributed by atoms with Crippen molar-refractivity contribution in [3.63, 3.8) is 0 Å². The van der Waals surface area contributed by atoms with Crippen molar-refractivity contribution in [2.45, 2.75) is 18.9 Å². The van der Waals surface area contributed by atoms with Crippen LogP contribution in [0.25, 0.3) is 0 Å². The van der Waals surface area contributed by atoms with Gasteiger partial charge in [-0.2, -0.15) is 0 Å². The molecule has 0 spiro atoms. The molecule has 18 heavy (non-hydrogen) atoms. The fraction of sp³-hybridized carbons (Fsp3) is 0.700. The van der Waals surface area contributed by atoms with Crippen LogP contribution in [0.3, 0.4) is 0 Å². The Morgan fingerprint density at radius 3 is 2.28 bits per heavy atom. The van der Waals surface area contributed by atoms with Gasteiger partial charge >= 0.3 is 12.0 Å². The summed E-state index contributed by atoms with van der Waals surface area (Å²) in [5.74, 6) is -1.11. The zero-order valence-electron chi connectivity index (χ0n) is 9.92. The largest absolute Gasteiger partial charge is 0.480 e. The number of ether oxygens (including phenoxy) is 1. The highest BCUT2D eigenvalue weighted by Gasteiger charge is 2.26. The summed E-state index contributed by atoms with van der Waals surface area (Å²) < 4.78 is 5.00. The highest BCUT2D eigenvalue weighted by molar-refractivity contribution is 5.87. The summed E-state index contributed by atoms with van der Waals surface area (Å²) in [6.45, 7) is 2.50. The van der Waals surface area contributed by atoms with Gasteiger partial charge in [-0.05, 0) is 6.42 Å². The van der Waals surface area contributed by atoms with Crippen molar-refractivity contribution in [3.8, 4) is 0 Å². The minimum atomic E-state index is -0.944. The Labute approximate surface area is 104 Å². The number of hydrogen-bond donors (Lipinski definition) is 3. The zero-order valence-corrected chi connectivity index (χ0v) is 9.92. The molecule has 0 radical (unpaired) electrons. The summed E-state index contributed by atoms with van der Waals surface area (Å²) in [5.41, 5.74) is 5.00. The van der Waals surface area contributed by atoms with E-state index in [2.05, 4.69) is 5.32 Å². The van der Waals surface area contributed by atoms with E-state index in [0.717, 1.165) is 0 Å². The Hall–Kier alpha value is -1.83. The number of carbonyl (C=O) groups excluding carboxylic acids is 2. The number of morpholine rings is 1. The summed E-state index contributed by atoms with van der Waals surface area (Å²) in [4.78, 5) is 32.5. The maximum Gasteiger partial charge on any atom is 0.326 e. The van der Waals surface area contributed by atoms with Crippen LogP contribution in [0.2, 0.25) is 0 Å². The van der Waals surface area contributed by atoms with Crippen LogP contribution in [0.15, 0.2) is 0 Å². The lowest BCUT2D eigenvalue weighted by Gasteiger charge is -2.24. The number of carboxylic acid groups (broad SMARTS) is 1. The first kappa shape index (κ1) is 14.2. The van der Waals surface area contributed by atoms with Crippen LogP contribution >= 0.6 is 0 Å². The third-order valence-electron chi connectivity index (χ3n) is 2.62. The normalized spacial score (nSPS) is 22.8. The number of rotatable bonds is 1. The van der Waals surface area contributed by atoms with Gasteiger partial charge in [0.25, 0.3) is 0 Å². The molecule has 0 saturated carbocycles. The minimum Gasteiger partial charge on any atom is -0.480 e. The lowest BCUT2D eigenvalue weighted by molar-refractivity contribution is -0.140. The Balaban J connectivity index is 0.000000180. The molecule has 2 aliphatic heterocycles. The SMILES string of the molecule is NC(=O)N1CCOCC1.O=C1CCC(C(=O)O)N1. The minimum absolute atomic E-state index is 0.164. The summed E-state index contributed by atoms with van der Waals surface area (Å²) in [7, 11) is 0. The van der Waals surface area contributed by atoms with Crippen molar-refractivity contribution < 1.29 is 24.2 Å². The lowest BCUT2D eigenvalue weighted by atomic mass is 10.2. The molecule has 8 nitrogen and oxygen atoms in total. The second-order valence-corrected chi connectivity index (χ2v) is 3.93. The molecule has 1 atom stereocenters. The van der Waals surface area contributed by atoms with Crippen LogP contribution in [0.5, 0.6) is 0 Å². The highest BCUT2D eigenvalue weighted by atomic mass is 16.5. The number of nitrogens with two attached hydrogens (primary N) is 1. The highest BCUT2D eigenvalue weighted by Crippen LogP contribution is 2.05. The molecule has 2 heterocycles. The van der Waals surface area contributed by atoms with Crippen LogP contribution < -0.4 is 11.1 Å². The van der Waals surface area contributed by atoms with E-state index in [4.69, 9.17) is 15.6 Å². The molecule has 4 N–H and O–H groups in total. The second kappa shape index (κ2) is 6.80. The summed E-state index contributed by atoms with van der Waals surface area (Å²) in [5, 5.41) is 10.6. The third-order valence-corrected chi connectivity index (χ3v) is 2.62. The van der Waals surface area contributed by atoms with E-state index in [0.29, 0.717) is 39.1 Å². The predicted molar refractivity (Wildman–Crippen MR) is 60.8 cm³/mol. The van der Waals surface area contributed by atoms with Crippen molar-refractivity contribution in [1.29, 1.82) is 0 Å². The quantitative estimate of drug-likeness (QED) is 0.543.